The third kappa shape index (κ3) is 23.0. The molecule has 8 heteroatoms. The van der Waals surface area contributed by atoms with Gasteiger partial charge in [-0.1, -0.05) is 173 Å². The molecular weight excluding hydrogens is 616 g/mol. The van der Waals surface area contributed by atoms with Crippen molar-refractivity contribution >= 4 is 5.91 Å². The first-order valence-electron chi connectivity index (χ1n) is 20.6. The van der Waals surface area contributed by atoms with Crippen molar-refractivity contribution in [2.45, 2.75) is 217 Å². The van der Waals surface area contributed by atoms with Crippen molar-refractivity contribution in [3.05, 3.63) is 23.8 Å². The normalized spacial score (nSPS) is 20.8. The predicted molar refractivity (Wildman–Crippen MR) is 203 cm³/mol. The summed E-state index contributed by atoms with van der Waals surface area (Å²) in [4.78, 5) is 12.9. The van der Waals surface area contributed by atoms with Gasteiger partial charge in [0.25, 0.3) is 0 Å². The molecule has 1 rings (SSSR count). The minimum atomic E-state index is -1.44. The molecule has 0 aromatic rings. The van der Waals surface area contributed by atoms with E-state index < -0.39 is 43.1 Å². The number of carbonyl (C=O) groups is 1. The zero-order valence-corrected chi connectivity index (χ0v) is 31.6. The van der Waals surface area contributed by atoms with Crippen molar-refractivity contribution in [3.63, 3.8) is 0 Å². The van der Waals surface area contributed by atoms with E-state index >= 15 is 0 Å². The van der Waals surface area contributed by atoms with Crippen molar-refractivity contribution in [1.82, 2.24) is 10.6 Å². The number of aliphatic hydroxyl groups excluding tert-OH is 5. The number of rotatable bonds is 33. The summed E-state index contributed by atoms with van der Waals surface area (Å²) in [7, 11) is 0. The standard InChI is InChI=1S/C41H78N2O6/c1-3-5-7-9-11-13-15-17-19-21-23-25-27-29-37(45)36(32-42-35-31-34(33-44)39(47)41(49)40(35)48)43-38(46)30-28-26-24-22-20-18-16-14-12-10-8-6-4-2/h27,29,31,35-37,39-42,44-45,47-49H,3-26,28,30,32-33H2,1-2H3,(H,43,46)/b29-27-/t35-,36+,37-,39+,40+,41+/m1/s1. The van der Waals surface area contributed by atoms with Gasteiger partial charge in [0, 0.05) is 13.0 Å². The zero-order valence-electron chi connectivity index (χ0n) is 31.6. The molecule has 0 heterocycles. The summed E-state index contributed by atoms with van der Waals surface area (Å²) in [5.41, 5.74) is 0.228. The number of carbonyl (C=O) groups excluding carboxylic acids is 1. The summed E-state index contributed by atoms with van der Waals surface area (Å²) in [6.45, 7) is 4.22. The van der Waals surface area contributed by atoms with Gasteiger partial charge in [0.1, 0.15) is 18.3 Å². The maximum Gasteiger partial charge on any atom is 0.220 e. The maximum atomic E-state index is 12.9. The van der Waals surface area contributed by atoms with E-state index in [1.165, 1.54) is 134 Å². The van der Waals surface area contributed by atoms with E-state index in [-0.39, 0.29) is 18.0 Å². The lowest BCUT2D eigenvalue weighted by Gasteiger charge is -2.35. The number of hydrogen-bond donors (Lipinski definition) is 7. The number of hydrogen-bond acceptors (Lipinski definition) is 7. The third-order valence-corrected chi connectivity index (χ3v) is 10.1. The molecule has 7 N–H and O–H groups in total. The topological polar surface area (TPSA) is 142 Å². The Labute approximate surface area is 300 Å². The smallest absolute Gasteiger partial charge is 0.220 e. The van der Waals surface area contributed by atoms with Gasteiger partial charge in [-0.2, -0.15) is 0 Å². The van der Waals surface area contributed by atoms with E-state index in [1.807, 2.05) is 6.08 Å². The molecule has 0 aromatic heterocycles. The molecule has 0 unspecified atom stereocenters. The summed E-state index contributed by atoms with van der Waals surface area (Å²) in [5, 5.41) is 57.6. The van der Waals surface area contributed by atoms with Crippen LogP contribution in [0.1, 0.15) is 181 Å². The number of amides is 1. The predicted octanol–water partition coefficient (Wildman–Crippen LogP) is 7.54. The molecule has 0 radical (unpaired) electrons. The molecule has 8 nitrogen and oxygen atoms in total. The van der Waals surface area contributed by atoms with Crippen LogP contribution in [-0.2, 0) is 4.79 Å². The highest BCUT2D eigenvalue weighted by atomic mass is 16.4. The van der Waals surface area contributed by atoms with Gasteiger partial charge in [-0.3, -0.25) is 4.79 Å². The van der Waals surface area contributed by atoms with Gasteiger partial charge in [0.05, 0.1) is 24.8 Å². The second kappa shape index (κ2) is 31.4. The van der Waals surface area contributed by atoms with Gasteiger partial charge < -0.3 is 36.2 Å². The average molecular weight is 695 g/mol. The molecule has 1 aliphatic carbocycles. The number of aliphatic hydroxyl groups is 5. The second-order valence-corrected chi connectivity index (χ2v) is 14.7. The first-order valence-corrected chi connectivity index (χ1v) is 20.6. The summed E-state index contributed by atoms with van der Waals surface area (Å²) >= 11 is 0. The van der Waals surface area contributed by atoms with Crippen LogP contribution in [0.15, 0.2) is 23.8 Å². The highest BCUT2D eigenvalue weighted by Crippen LogP contribution is 2.20. The van der Waals surface area contributed by atoms with Crippen molar-refractivity contribution in [2.75, 3.05) is 13.2 Å². The van der Waals surface area contributed by atoms with Crippen LogP contribution in [0.3, 0.4) is 0 Å². The van der Waals surface area contributed by atoms with E-state index in [2.05, 4.69) is 24.5 Å². The molecule has 288 valence electrons. The number of nitrogens with one attached hydrogen (secondary N) is 2. The van der Waals surface area contributed by atoms with Gasteiger partial charge in [-0.05, 0) is 24.8 Å². The molecule has 0 spiro atoms. The molecule has 0 aromatic carbocycles. The van der Waals surface area contributed by atoms with E-state index in [9.17, 15) is 30.3 Å². The summed E-state index contributed by atoms with van der Waals surface area (Å²) in [6.07, 6.45) is 31.8. The monoisotopic (exact) mass is 695 g/mol. The first-order chi connectivity index (χ1) is 23.8. The van der Waals surface area contributed by atoms with Gasteiger partial charge in [0.15, 0.2) is 0 Å². The number of unbranched alkanes of at least 4 members (excludes halogenated alkanes) is 23. The fraction of sp³-hybridized carbons (Fsp3) is 0.878. The quantitative estimate of drug-likeness (QED) is 0.0278. The molecule has 6 atom stereocenters. The van der Waals surface area contributed by atoms with Gasteiger partial charge in [-0.25, -0.2) is 0 Å². The van der Waals surface area contributed by atoms with E-state index in [0.717, 1.165) is 32.1 Å². The van der Waals surface area contributed by atoms with Crippen LogP contribution in [0.25, 0.3) is 0 Å². The van der Waals surface area contributed by atoms with E-state index in [0.29, 0.717) is 6.42 Å². The Balaban J connectivity index is 2.45. The van der Waals surface area contributed by atoms with E-state index in [1.54, 1.807) is 6.08 Å². The van der Waals surface area contributed by atoms with Crippen LogP contribution in [-0.4, -0.2) is 81.1 Å². The fourth-order valence-electron chi connectivity index (χ4n) is 6.77. The lowest BCUT2D eigenvalue weighted by atomic mass is 9.88. The SMILES string of the molecule is CCCCCCCCCCCCC/C=C\[C@@H](O)[C@H](CN[C@@H]1C=C(CO)[C@H](O)[C@H](O)[C@H]1O)NC(=O)CCCCCCCCCCCCCCC. The highest BCUT2D eigenvalue weighted by Gasteiger charge is 2.37. The Morgan fingerprint density at radius 3 is 1.61 bits per heavy atom. The Hall–Kier alpha value is -1.29. The Morgan fingerprint density at radius 1 is 0.694 bits per heavy atom. The lowest BCUT2D eigenvalue weighted by molar-refractivity contribution is -0.122. The minimum absolute atomic E-state index is 0.112. The second-order valence-electron chi connectivity index (χ2n) is 14.7. The van der Waals surface area contributed by atoms with E-state index in [4.69, 9.17) is 0 Å². The van der Waals surface area contributed by atoms with Crippen LogP contribution < -0.4 is 10.6 Å². The Kier molecular flexibility index (Phi) is 29.3. The maximum absolute atomic E-state index is 12.9. The Morgan fingerprint density at radius 2 is 1.14 bits per heavy atom. The van der Waals surface area contributed by atoms with Gasteiger partial charge in [0.2, 0.25) is 5.91 Å². The summed E-state index contributed by atoms with van der Waals surface area (Å²) < 4.78 is 0. The molecule has 0 saturated heterocycles. The van der Waals surface area contributed by atoms with Crippen LogP contribution in [0.5, 0.6) is 0 Å². The molecule has 1 aliphatic rings. The van der Waals surface area contributed by atoms with Crippen molar-refractivity contribution in [1.29, 1.82) is 0 Å². The van der Waals surface area contributed by atoms with Crippen molar-refractivity contribution < 1.29 is 30.3 Å². The van der Waals surface area contributed by atoms with Crippen LogP contribution in [0.2, 0.25) is 0 Å². The molecule has 0 saturated carbocycles. The summed E-state index contributed by atoms with van der Waals surface area (Å²) in [6, 6.07) is -1.38. The molecule has 0 bridgehead atoms. The van der Waals surface area contributed by atoms with Gasteiger partial charge >= 0.3 is 0 Å². The lowest BCUT2D eigenvalue weighted by Crippen LogP contribution is -2.57. The third-order valence-electron chi connectivity index (χ3n) is 10.1. The van der Waals surface area contributed by atoms with Crippen LogP contribution in [0.4, 0.5) is 0 Å². The molecule has 49 heavy (non-hydrogen) atoms. The molecule has 0 fully saturated rings. The van der Waals surface area contributed by atoms with Crippen LogP contribution in [0, 0.1) is 0 Å². The number of allylic oxidation sites excluding steroid dienone is 1. The molecule has 0 aliphatic heterocycles. The molecule has 1 amide bonds. The largest absolute Gasteiger partial charge is 0.392 e. The average Bonchev–Trinajstić information content (AvgIpc) is 3.10. The Bertz CT molecular complexity index is 837. The highest BCUT2D eigenvalue weighted by molar-refractivity contribution is 5.76. The molecular formula is C41H78N2O6. The first kappa shape index (κ1) is 45.7. The van der Waals surface area contributed by atoms with Gasteiger partial charge in [-0.15, -0.1) is 0 Å². The van der Waals surface area contributed by atoms with Crippen molar-refractivity contribution in [2.24, 2.45) is 0 Å². The van der Waals surface area contributed by atoms with Crippen molar-refractivity contribution in [3.8, 4) is 0 Å². The minimum Gasteiger partial charge on any atom is -0.392 e. The fourth-order valence-corrected chi connectivity index (χ4v) is 6.77. The summed E-state index contributed by atoms with van der Waals surface area (Å²) in [5.74, 6) is -0.112. The van der Waals surface area contributed by atoms with Crippen LogP contribution >= 0.6 is 0 Å². The zero-order chi connectivity index (χ0) is 36.0.